The predicted octanol–water partition coefficient (Wildman–Crippen LogP) is 3.45. The van der Waals surface area contributed by atoms with Gasteiger partial charge >= 0.3 is 3.98 Å². The Hall–Kier alpha value is -0.0600. The molecule has 0 spiro atoms. The standard InChI is InChI=1S/C9H13IO2/c10-9(11)12-8-6-4-2-1-3-5-7-8/h4,6,8H,1-3,5,7H2/b6-4+. The minimum absolute atomic E-state index is 0.0229. The van der Waals surface area contributed by atoms with Crippen LogP contribution in [-0.4, -0.2) is 10.1 Å². The summed E-state index contributed by atoms with van der Waals surface area (Å²) in [6, 6.07) is 0. The van der Waals surface area contributed by atoms with E-state index in [1.165, 1.54) is 19.3 Å². The lowest BCUT2D eigenvalue weighted by Crippen LogP contribution is -2.11. The highest BCUT2D eigenvalue weighted by molar-refractivity contribution is 14.1. The quantitative estimate of drug-likeness (QED) is 0.418. The first-order chi connectivity index (χ1) is 5.79. The normalized spacial score (nSPS) is 26.9. The molecule has 68 valence electrons. The molecule has 3 heteroatoms. The minimum Gasteiger partial charge on any atom is -0.451 e. The van der Waals surface area contributed by atoms with Crippen LogP contribution in [0.25, 0.3) is 0 Å². The zero-order valence-corrected chi connectivity index (χ0v) is 9.12. The maximum absolute atomic E-state index is 10.6. The third-order valence-corrected chi connectivity index (χ3v) is 2.21. The van der Waals surface area contributed by atoms with Gasteiger partial charge in [0.2, 0.25) is 0 Å². The fourth-order valence-corrected chi connectivity index (χ4v) is 1.67. The van der Waals surface area contributed by atoms with E-state index in [2.05, 4.69) is 6.08 Å². The van der Waals surface area contributed by atoms with E-state index in [-0.39, 0.29) is 10.1 Å². The van der Waals surface area contributed by atoms with Crippen LogP contribution in [0.2, 0.25) is 0 Å². The van der Waals surface area contributed by atoms with Crippen molar-refractivity contribution in [3.05, 3.63) is 12.2 Å². The Balaban J connectivity index is 2.38. The Labute approximate surface area is 86.5 Å². The van der Waals surface area contributed by atoms with E-state index in [1.807, 2.05) is 6.08 Å². The molecule has 1 rings (SSSR count). The molecular formula is C9H13IO2. The Morgan fingerprint density at radius 1 is 1.42 bits per heavy atom. The monoisotopic (exact) mass is 280 g/mol. The van der Waals surface area contributed by atoms with Crippen molar-refractivity contribution in [1.82, 2.24) is 0 Å². The molecule has 0 aliphatic heterocycles. The molecule has 1 aliphatic rings. The summed E-state index contributed by atoms with van der Waals surface area (Å²) in [6.45, 7) is 0. The highest BCUT2D eigenvalue weighted by atomic mass is 127. The number of carbonyl (C=O) groups excluding carboxylic acids is 1. The summed E-state index contributed by atoms with van der Waals surface area (Å²) in [5, 5.41) is 0. The van der Waals surface area contributed by atoms with E-state index < -0.39 is 0 Å². The Kier molecular flexibility index (Phi) is 4.65. The maximum atomic E-state index is 10.6. The van der Waals surface area contributed by atoms with Crippen molar-refractivity contribution in [2.24, 2.45) is 0 Å². The van der Waals surface area contributed by atoms with Gasteiger partial charge in [0, 0.05) is 0 Å². The van der Waals surface area contributed by atoms with Crippen LogP contribution < -0.4 is 0 Å². The number of carbonyl (C=O) groups is 1. The van der Waals surface area contributed by atoms with Crippen LogP contribution in [0.3, 0.4) is 0 Å². The molecular weight excluding hydrogens is 267 g/mol. The third-order valence-electron chi connectivity index (χ3n) is 1.95. The molecule has 0 aromatic rings. The molecule has 0 bridgehead atoms. The van der Waals surface area contributed by atoms with Gasteiger partial charge in [0.25, 0.3) is 0 Å². The number of allylic oxidation sites excluding steroid dienone is 1. The first-order valence-corrected chi connectivity index (χ1v) is 5.39. The molecule has 2 nitrogen and oxygen atoms in total. The summed E-state index contributed by atoms with van der Waals surface area (Å²) in [4.78, 5) is 10.6. The molecule has 0 amide bonds. The molecule has 1 atom stereocenters. The molecule has 0 heterocycles. The fraction of sp³-hybridized carbons (Fsp3) is 0.667. The van der Waals surface area contributed by atoms with Gasteiger partial charge in [-0.15, -0.1) is 0 Å². The lowest BCUT2D eigenvalue weighted by molar-refractivity contribution is 0.143. The molecule has 1 aliphatic carbocycles. The van der Waals surface area contributed by atoms with Crippen LogP contribution in [0, 0.1) is 0 Å². The number of hydrogen-bond acceptors (Lipinski definition) is 2. The predicted molar refractivity (Wildman–Crippen MR) is 56.5 cm³/mol. The van der Waals surface area contributed by atoms with Crippen LogP contribution in [-0.2, 0) is 4.74 Å². The Bertz CT molecular complexity index is 177. The first-order valence-electron chi connectivity index (χ1n) is 4.32. The molecule has 0 aromatic heterocycles. The summed E-state index contributed by atoms with van der Waals surface area (Å²) < 4.78 is 4.88. The Morgan fingerprint density at radius 3 is 3.00 bits per heavy atom. The fourth-order valence-electron chi connectivity index (χ4n) is 1.35. The molecule has 0 fully saturated rings. The largest absolute Gasteiger partial charge is 0.451 e. The van der Waals surface area contributed by atoms with Crippen molar-refractivity contribution in [2.45, 2.75) is 38.2 Å². The first kappa shape index (κ1) is 10.0. The average molecular weight is 280 g/mol. The van der Waals surface area contributed by atoms with E-state index in [0.717, 1.165) is 12.8 Å². The topological polar surface area (TPSA) is 26.3 Å². The molecule has 0 aromatic carbocycles. The summed E-state index contributed by atoms with van der Waals surface area (Å²) in [7, 11) is 0. The number of halogens is 1. The average Bonchev–Trinajstić information content (AvgIpc) is 1.93. The molecule has 0 radical (unpaired) electrons. The van der Waals surface area contributed by atoms with Gasteiger partial charge in [-0.3, -0.25) is 0 Å². The summed E-state index contributed by atoms with van der Waals surface area (Å²) in [5.74, 6) is 0. The molecule has 12 heavy (non-hydrogen) atoms. The zero-order chi connectivity index (χ0) is 8.81. The van der Waals surface area contributed by atoms with E-state index in [0.29, 0.717) is 0 Å². The lowest BCUT2D eigenvalue weighted by atomic mass is 10.0. The van der Waals surface area contributed by atoms with Gasteiger partial charge in [-0.25, -0.2) is 4.79 Å². The van der Waals surface area contributed by atoms with Gasteiger partial charge in [-0.2, -0.15) is 0 Å². The van der Waals surface area contributed by atoms with Crippen molar-refractivity contribution in [3.63, 3.8) is 0 Å². The smallest absolute Gasteiger partial charge is 0.367 e. The van der Waals surface area contributed by atoms with Crippen molar-refractivity contribution in [1.29, 1.82) is 0 Å². The second-order valence-corrected chi connectivity index (χ2v) is 3.84. The van der Waals surface area contributed by atoms with E-state index in [9.17, 15) is 4.79 Å². The van der Waals surface area contributed by atoms with Crippen molar-refractivity contribution in [2.75, 3.05) is 0 Å². The Morgan fingerprint density at radius 2 is 2.25 bits per heavy atom. The van der Waals surface area contributed by atoms with Crippen LogP contribution in [0.15, 0.2) is 12.2 Å². The van der Waals surface area contributed by atoms with Gasteiger partial charge in [0.15, 0.2) is 0 Å². The molecule has 0 N–H and O–H groups in total. The van der Waals surface area contributed by atoms with Crippen LogP contribution in [0.5, 0.6) is 0 Å². The highest BCUT2D eigenvalue weighted by Gasteiger charge is 2.09. The second-order valence-electron chi connectivity index (χ2n) is 2.96. The lowest BCUT2D eigenvalue weighted by Gasteiger charge is -2.13. The summed E-state index contributed by atoms with van der Waals surface area (Å²) in [6.07, 6.45) is 9.93. The molecule has 0 saturated carbocycles. The highest BCUT2D eigenvalue weighted by Crippen LogP contribution is 2.15. The van der Waals surface area contributed by atoms with Gasteiger partial charge in [-0.1, -0.05) is 12.5 Å². The second kappa shape index (κ2) is 5.56. The van der Waals surface area contributed by atoms with Gasteiger partial charge in [0.1, 0.15) is 6.10 Å². The minimum atomic E-state index is -0.206. The van der Waals surface area contributed by atoms with Crippen LogP contribution >= 0.6 is 22.6 Å². The maximum Gasteiger partial charge on any atom is 0.367 e. The van der Waals surface area contributed by atoms with Gasteiger partial charge < -0.3 is 4.74 Å². The van der Waals surface area contributed by atoms with Crippen molar-refractivity contribution < 1.29 is 9.53 Å². The van der Waals surface area contributed by atoms with E-state index in [4.69, 9.17) is 4.74 Å². The van der Waals surface area contributed by atoms with E-state index in [1.54, 1.807) is 22.6 Å². The van der Waals surface area contributed by atoms with E-state index >= 15 is 0 Å². The summed E-state index contributed by atoms with van der Waals surface area (Å²) in [5.41, 5.74) is 0. The third kappa shape index (κ3) is 4.09. The SMILES string of the molecule is O=C(I)OC1/C=C/CCCCC1. The number of rotatable bonds is 1. The molecule has 1 unspecified atom stereocenters. The number of hydrogen-bond donors (Lipinski definition) is 0. The number of ether oxygens (including phenoxy) is 1. The van der Waals surface area contributed by atoms with Crippen LogP contribution in [0.1, 0.15) is 32.1 Å². The van der Waals surface area contributed by atoms with Crippen molar-refractivity contribution >= 4 is 26.6 Å². The molecule has 0 saturated heterocycles. The zero-order valence-electron chi connectivity index (χ0n) is 6.96. The van der Waals surface area contributed by atoms with Gasteiger partial charge in [0.05, 0.1) is 22.6 Å². The van der Waals surface area contributed by atoms with Crippen LogP contribution in [0.4, 0.5) is 4.79 Å². The summed E-state index contributed by atoms with van der Waals surface area (Å²) >= 11 is 1.67. The van der Waals surface area contributed by atoms with Gasteiger partial charge in [-0.05, 0) is 31.8 Å². The van der Waals surface area contributed by atoms with Crippen molar-refractivity contribution in [3.8, 4) is 0 Å².